The second-order valence-electron chi connectivity index (χ2n) is 3.60. The molecule has 0 aliphatic rings. The molecule has 5 nitrogen and oxygen atoms in total. The van der Waals surface area contributed by atoms with Crippen LogP contribution in [0.1, 0.15) is 13.3 Å². The van der Waals surface area contributed by atoms with Gasteiger partial charge >= 0.3 is 5.69 Å². The molecule has 0 saturated carbocycles. The molecule has 0 heterocycles. The van der Waals surface area contributed by atoms with Gasteiger partial charge in [0.25, 0.3) is 0 Å². The number of nitrogens with zero attached hydrogens (tertiary/aromatic N) is 1. The van der Waals surface area contributed by atoms with Crippen molar-refractivity contribution in [2.75, 3.05) is 19.0 Å². The van der Waals surface area contributed by atoms with Gasteiger partial charge < -0.3 is 10.1 Å². The Morgan fingerprint density at radius 2 is 2.29 bits per heavy atom. The second-order valence-corrected chi connectivity index (χ2v) is 4.01. The highest BCUT2D eigenvalue weighted by Gasteiger charge is 2.20. The standard InChI is InChI=1S/C11H15ClN2O3/c1-3-8(7-17-2)13-10-6-4-5-9(12)11(10)14(15)16/h4-6,8,13H,3,7H2,1-2H3. The molecule has 0 aliphatic carbocycles. The third-order valence-electron chi connectivity index (χ3n) is 2.39. The van der Waals surface area contributed by atoms with Gasteiger partial charge in [0.2, 0.25) is 0 Å². The predicted molar refractivity (Wildman–Crippen MR) is 67.7 cm³/mol. The molecule has 0 aromatic heterocycles. The summed E-state index contributed by atoms with van der Waals surface area (Å²) in [4.78, 5) is 10.4. The average Bonchev–Trinajstić information content (AvgIpc) is 2.28. The molecular weight excluding hydrogens is 244 g/mol. The van der Waals surface area contributed by atoms with E-state index in [-0.39, 0.29) is 16.8 Å². The van der Waals surface area contributed by atoms with Crippen LogP contribution in [-0.4, -0.2) is 24.7 Å². The Hall–Kier alpha value is -1.33. The normalized spacial score (nSPS) is 12.2. The number of rotatable bonds is 6. The minimum atomic E-state index is -0.482. The fourth-order valence-electron chi connectivity index (χ4n) is 1.50. The molecule has 0 saturated heterocycles. The van der Waals surface area contributed by atoms with Gasteiger partial charge in [-0.1, -0.05) is 24.6 Å². The Balaban J connectivity index is 2.97. The van der Waals surface area contributed by atoms with E-state index in [4.69, 9.17) is 16.3 Å². The maximum Gasteiger partial charge on any atom is 0.310 e. The molecular formula is C11H15ClN2O3. The number of anilines is 1. The molecule has 1 aromatic carbocycles. The lowest BCUT2D eigenvalue weighted by molar-refractivity contribution is -0.383. The molecule has 0 bridgehead atoms. The van der Waals surface area contributed by atoms with E-state index < -0.39 is 4.92 Å². The number of nitro benzene ring substituents is 1. The number of benzene rings is 1. The predicted octanol–water partition coefficient (Wildman–Crippen LogP) is 3.09. The fraction of sp³-hybridized carbons (Fsp3) is 0.455. The van der Waals surface area contributed by atoms with E-state index in [0.29, 0.717) is 12.3 Å². The number of ether oxygens (including phenoxy) is 1. The molecule has 0 spiro atoms. The van der Waals surface area contributed by atoms with Crippen LogP contribution in [-0.2, 0) is 4.74 Å². The molecule has 1 atom stereocenters. The molecule has 0 fully saturated rings. The van der Waals surface area contributed by atoms with Gasteiger partial charge in [-0.25, -0.2) is 0 Å². The maximum atomic E-state index is 10.9. The van der Waals surface area contributed by atoms with Crippen molar-refractivity contribution in [2.24, 2.45) is 0 Å². The Bertz CT molecular complexity index is 398. The summed E-state index contributed by atoms with van der Waals surface area (Å²) in [6, 6.07) is 4.85. The van der Waals surface area contributed by atoms with Crippen molar-refractivity contribution >= 4 is 23.0 Å². The molecule has 0 radical (unpaired) electrons. The Morgan fingerprint density at radius 3 is 2.82 bits per heavy atom. The van der Waals surface area contributed by atoms with Crippen LogP contribution in [0.5, 0.6) is 0 Å². The summed E-state index contributed by atoms with van der Waals surface area (Å²) < 4.78 is 5.03. The SMILES string of the molecule is CCC(COC)Nc1cccc(Cl)c1[N+](=O)[O-]. The van der Waals surface area contributed by atoms with Crippen LogP contribution in [0.15, 0.2) is 18.2 Å². The number of halogens is 1. The average molecular weight is 259 g/mol. The molecule has 6 heteroatoms. The van der Waals surface area contributed by atoms with E-state index in [9.17, 15) is 10.1 Å². The summed E-state index contributed by atoms with van der Waals surface area (Å²) in [5, 5.41) is 14.1. The summed E-state index contributed by atoms with van der Waals surface area (Å²) in [6.45, 7) is 2.47. The van der Waals surface area contributed by atoms with Gasteiger partial charge in [0.05, 0.1) is 11.5 Å². The largest absolute Gasteiger partial charge is 0.383 e. The van der Waals surface area contributed by atoms with Gasteiger partial charge in [0, 0.05) is 13.2 Å². The molecule has 17 heavy (non-hydrogen) atoms. The van der Waals surface area contributed by atoms with Gasteiger partial charge in [0.1, 0.15) is 10.7 Å². The molecule has 1 N–H and O–H groups in total. The highest BCUT2D eigenvalue weighted by atomic mass is 35.5. The van der Waals surface area contributed by atoms with Crippen molar-refractivity contribution in [3.63, 3.8) is 0 Å². The Morgan fingerprint density at radius 1 is 1.59 bits per heavy atom. The summed E-state index contributed by atoms with van der Waals surface area (Å²) in [5.41, 5.74) is 0.329. The van der Waals surface area contributed by atoms with E-state index in [1.54, 1.807) is 19.2 Å². The first-order valence-electron chi connectivity index (χ1n) is 5.28. The van der Waals surface area contributed by atoms with E-state index in [2.05, 4.69) is 5.32 Å². The zero-order chi connectivity index (χ0) is 12.8. The lowest BCUT2D eigenvalue weighted by Crippen LogP contribution is -2.24. The zero-order valence-corrected chi connectivity index (χ0v) is 10.5. The topological polar surface area (TPSA) is 64.4 Å². The minimum absolute atomic E-state index is 0.0252. The minimum Gasteiger partial charge on any atom is -0.383 e. The number of hydrogen-bond acceptors (Lipinski definition) is 4. The van der Waals surface area contributed by atoms with Crippen LogP contribution in [0.4, 0.5) is 11.4 Å². The van der Waals surface area contributed by atoms with Gasteiger partial charge in [0.15, 0.2) is 0 Å². The van der Waals surface area contributed by atoms with Crippen LogP contribution in [0.3, 0.4) is 0 Å². The maximum absolute atomic E-state index is 10.9. The third kappa shape index (κ3) is 3.57. The zero-order valence-electron chi connectivity index (χ0n) is 9.77. The Kier molecular flexibility index (Phi) is 5.18. The van der Waals surface area contributed by atoms with Crippen molar-refractivity contribution in [1.29, 1.82) is 0 Å². The number of nitro groups is 1. The van der Waals surface area contributed by atoms with E-state index in [1.807, 2.05) is 6.92 Å². The lowest BCUT2D eigenvalue weighted by atomic mass is 10.2. The van der Waals surface area contributed by atoms with Crippen LogP contribution < -0.4 is 5.32 Å². The van der Waals surface area contributed by atoms with Crippen LogP contribution >= 0.6 is 11.6 Å². The van der Waals surface area contributed by atoms with Gasteiger partial charge in [-0.2, -0.15) is 0 Å². The van der Waals surface area contributed by atoms with Crippen LogP contribution in [0.2, 0.25) is 5.02 Å². The summed E-state index contributed by atoms with van der Waals surface area (Å²) in [5.74, 6) is 0. The van der Waals surface area contributed by atoms with Crippen LogP contribution in [0, 0.1) is 10.1 Å². The number of nitrogens with one attached hydrogen (secondary N) is 1. The van der Waals surface area contributed by atoms with Crippen molar-refractivity contribution in [3.05, 3.63) is 33.3 Å². The molecule has 1 aromatic rings. The van der Waals surface area contributed by atoms with E-state index >= 15 is 0 Å². The molecule has 94 valence electrons. The van der Waals surface area contributed by atoms with E-state index in [1.165, 1.54) is 6.07 Å². The van der Waals surface area contributed by atoms with Crippen LogP contribution in [0.25, 0.3) is 0 Å². The highest BCUT2D eigenvalue weighted by molar-refractivity contribution is 6.33. The summed E-state index contributed by atoms with van der Waals surface area (Å²) in [6.07, 6.45) is 0.803. The first-order chi connectivity index (χ1) is 8.10. The van der Waals surface area contributed by atoms with Crippen molar-refractivity contribution in [2.45, 2.75) is 19.4 Å². The molecule has 0 amide bonds. The number of hydrogen-bond donors (Lipinski definition) is 1. The summed E-state index contributed by atoms with van der Waals surface area (Å²) >= 11 is 5.82. The van der Waals surface area contributed by atoms with Crippen molar-refractivity contribution in [3.8, 4) is 0 Å². The quantitative estimate of drug-likeness (QED) is 0.629. The van der Waals surface area contributed by atoms with Gasteiger partial charge in [-0.3, -0.25) is 10.1 Å². The smallest absolute Gasteiger partial charge is 0.310 e. The molecule has 0 aliphatic heterocycles. The monoisotopic (exact) mass is 258 g/mol. The molecule has 1 unspecified atom stereocenters. The van der Waals surface area contributed by atoms with Crippen molar-refractivity contribution < 1.29 is 9.66 Å². The van der Waals surface area contributed by atoms with Gasteiger partial charge in [-0.05, 0) is 18.6 Å². The van der Waals surface area contributed by atoms with E-state index in [0.717, 1.165) is 6.42 Å². The lowest BCUT2D eigenvalue weighted by Gasteiger charge is -2.17. The Labute approximate surface area is 105 Å². The van der Waals surface area contributed by atoms with Crippen molar-refractivity contribution in [1.82, 2.24) is 0 Å². The third-order valence-corrected chi connectivity index (χ3v) is 2.69. The first-order valence-corrected chi connectivity index (χ1v) is 5.66. The molecule has 1 rings (SSSR count). The number of methoxy groups -OCH3 is 1. The fourth-order valence-corrected chi connectivity index (χ4v) is 1.74. The van der Waals surface area contributed by atoms with Gasteiger partial charge in [-0.15, -0.1) is 0 Å². The highest BCUT2D eigenvalue weighted by Crippen LogP contribution is 2.32. The second kappa shape index (κ2) is 6.42. The summed E-state index contributed by atoms with van der Waals surface area (Å²) in [7, 11) is 1.59. The number of para-hydroxylation sites is 1. The first kappa shape index (κ1) is 13.7.